The van der Waals surface area contributed by atoms with E-state index in [1.165, 1.54) is 0 Å². The molecular weight excluding hydrogens is 268 g/mol. The Kier molecular flexibility index (Phi) is 4.63. The largest absolute Gasteiger partial charge is 0.478 e. The summed E-state index contributed by atoms with van der Waals surface area (Å²) < 4.78 is 0. The molecule has 0 fully saturated rings. The minimum Gasteiger partial charge on any atom is -0.478 e. The number of hydrogen-bond acceptors (Lipinski definition) is 3. The summed E-state index contributed by atoms with van der Waals surface area (Å²) in [6.45, 7) is 5.53. The standard InChI is InChI=1S/C16H22N2O3/c1-10(2)5-13(7-17)15(19)18-8-12-4-3-11(16(20)21)6-14(12)9-18/h3-4,6,10,13H,5,7-9,17H2,1-2H3,(H,20,21). The quantitative estimate of drug-likeness (QED) is 0.866. The van der Waals surface area contributed by atoms with E-state index in [2.05, 4.69) is 13.8 Å². The number of carboxylic acid groups (broad SMARTS) is 1. The summed E-state index contributed by atoms with van der Waals surface area (Å²) in [5.41, 5.74) is 7.94. The Hall–Kier alpha value is -1.88. The van der Waals surface area contributed by atoms with Gasteiger partial charge in [-0.25, -0.2) is 4.79 Å². The first-order valence-electron chi connectivity index (χ1n) is 7.26. The molecule has 114 valence electrons. The van der Waals surface area contributed by atoms with Crippen LogP contribution in [0.3, 0.4) is 0 Å². The van der Waals surface area contributed by atoms with E-state index in [0.717, 1.165) is 17.5 Å². The van der Waals surface area contributed by atoms with E-state index < -0.39 is 5.97 Å². The molecule has 5 nitrogen and oxygen atoms in total. The molecule has 0 saturated heterocycles. The fraction of sp³-hybridized carbons (Fsp3) is 0.500. The highest BCUT2D eigenvalue weighted by Gasteiger charge is 2.29. The zero-order chi connectivity index (χ0) is 15.6. The van der Waals surface area contributed by atoms with Crippen molar-refractivity contribution in [2.24, 2.45) is 17.6 Å². The number of amides is 1. The molecule has 0 saturated carbocycles. The molecule has 1 aromatic rings. The van der Waals surface area contributed by atoms with Gasteiger partial charge in [-0.15, -0.1) is 0 Å². The molecule has 3 N–H and O–H groups in total. The van der Waals surface area contributed by atoms with Crippen molar-refractivity contribution in [2.45, 2.75) is 33.4 Å². The van der Waals surface area contributed by atoms with Crippen molar-refractivity contribution in [1.29, 1.82) is 0 Å². The lowest BCUT2D eigenvalue weighted by Gasteiger charge is -2.23. The number of carbonyl (C=O) groups is 2. The third-order valence-corrected chi connectivity index (χ3v) is 3.88. The number of fused-ring (bicyclic) bond motifs is 1. The molecule has 1 aromatic carbocycles. The van der Waals surface area contributed by atoms with Crippen molar-refractivity contribution in [3.8, 4) is 0 Å². The van der Waals surface area contributed by atoms with E-state index in [4.69, 9.17) is 10.8 Å². The highest BCUT2D eigenvalue weighted by Crippen LogP contribution is 2.26. The predicted molar refractivity (Wildman–Crippen MR) is 79.7 cm³/mol. The van der Waals surface area contributed by atoms with E-state index in [0.29, 0.717) is 25.6 Å². The van der Waals surface area contributed by atoms with Crippen LogP contribution in [0.4, 0.5) is 0 Å². The molecule has 0 aliphatic carbocycles. The van der Waals surface area contributed by atoms with E-state index in [1.54, 1.807) is 23.1 Å². The molecule has 0 bridgehead atoms. The normalized spacial score (nSPS) is 15.1. The number of nitrogens with zero attached hydrogens (tertiary/aromatic N) is 1. The topological polar surface area (TPSA) is 83.6 Å². The van der Waals surface area contributed by atoms with Gasteiger partial charge in [0.05, 0.1) is 11.5 Å². The third kappa shape index (κ3) is 3.42. The van der Waals surface area contributed by atoms with Crippen LogP contribution in [-0.2, 0) is 17.9 Å². The maximum atomic E-state index is 12.5. The Morgan fingerprint density at radius 3 is 2.52 bits per heavy atom. The molecule has 0 spiro atoms. The van der Waals surface area contributed by atoms with Gasteiger partial charge >= 0.3 is 5.97 Å². The molecule has 21 heavy (non-hydrogen) atoms. The summed E-state index contributed by atoms with van der Waals surface area (Å²) in [6, 6.07) is 5.04. The summed E-state index contributed by atoms with van der Waals surface area (Å²) in [5.74, 6) is -0.606. The highest BCUT2D eigenvalue weighted by molar-refractivity contribution is 5.88. The summed E-state index contributed by atoms with van der Waals surface area (Å²) in [7, 11) is 0. The first-order valence-corrected chi connectivity index (χ1v) is 7.26. The van der Waals surface area contributed by atoms with E-state index in [1.807, 2.05) is 0 Å². The number of nitrogens with two attached hydrogens (primary N) is 1. The number of carbonyl (C=O) groups excluding carboxylic acids is 1. The Bertz CT molecular complexity index is 554. The second kappa shape index (κ2) is 6.26. The average Bonchev–Trinajstić information content (AvgIpc) is 2.86. The summed E-state index contributed by atoms with van der Waals surface area (Å²) >= 11 is 0. The minimum atomic E-state index is -0.942. The average molecular weight is 290 g/mol. The molecule has 5 heteroatoms. The van der Waals surface area contributed by atoms with Gasteiger partial charge in [-0.3, -0.25) is 4.79 Å². The molecule has 1 atom stereocenters. The minimum absolute atomic E-state index is 0.0688. The van der Waals surface area contributed by atoms with Gasteiger partial charge in [0, 0.05) is 19.6 Å². The fourth-order valence-electron chi connectivity index (χ4n) is 2.81. The number of aromatic carboxylic acids is 1. The Morgan fingerprint density at radius 2 is 1.95 bits per heavy atom. The van der Waals surface area contributed by atoms with Gasteiger partial charge in [0.2, 0.25) is 5.91 Å². The molecular formula is C16H22N2O3. The lowest BCUT2D eigenvalue weighted by Crippen LogP contribution is -2.36. The number of carboxylic acids is 1. The summed E-state index contributed by atoms with van der Waals surface area (Å²) in [4.78, 5) is 25.3. The van der Waals surface area contributed by atoms with Crippen LogP contribution in [0.5, 0.6) is 0 Å². The number of rotatable bonds is 5. The second-order valence-corrected chi connectivity index (χ2v) is 6.05. The van der Waals surface area contributed by atoms with Gasteiger partial charge in [-0.1, -0.05) is 19.9 Å². The van der Waals surface area contributed by atoms with Crippen molar-refractivity contribution in [3.05, 3.63) is 34.9 Å². The summed E-state index contributed by atoms with van der Waals surface area (Å²) in [6.07, 6.45) is 0.780. The van der Waals surface area contributed by atoms with Crippen molar-refractivity contribution >= 4 is 11.9 Å². The van der Waals surface area contributed by atoms with Crippen LogP contribution in [0, 0.1) is 11.8 Å². The second-order valence-electron chi connectivity index (χ2n) is 6.05. The maximum absolute atomic E-state index is 12.5. The first kappa shape index (κ1) is 15.5. The molecule has 2 rings (SSSR count). The van der Waals surface area contributed by atoms with Crippen LogP contribution in [0.1, 0.15) is 41.8 Å². The van der Waals surface area contributed by atoms with Crippen LogP contribution < -0.4 is 5.73 Å². The van der Waals surface area contributed by atoms with E-state index in [-0.39, 0.29) is 17.4 Å². The van der Waals surface area contributed by atoms with Gasteiger partial charge in [0.25, 0.3) is 0 Å². The van der Waals surface area contributed by atoms with Crippen LogP contribution in [0.2, 0.25) is 0 Å². The van der Waals surface area contributed by atoms with Crippen LogP contribution in [-0.4, -0.2) is 28.4 Å². The SMILES string of the molecule is CC(C)CC(CN)C(=O)N1Cc2ccc(C(=O)O)cc2C1. The van der Waals surface area contributed by atoms with Crippen LogP contribution >= 0.6 is 0 Å². The Labute approximate surface area is 124 Å². The molecule has 1 unspecified atom stereocenters. The third-order valence-electron chi connectivity index (χ3n) is 3.88. The van der Waals surface area contributed by atoms with Crippen molar-refractivity contribution in [1.82, 2.24) is 4.90 Å². The van der Waals surface area contributed by atoms with Crippen molar-refractivity contribution < 1.29 is 14.7 Å². The molecule has 1 aliphatic heterocycles. The van der Waals surface area contributed by atoms with Crippen LogP contribution in [0.25, 0.3) is 0 Å². The molecule has 0 aromatic heterocycles. The maximum Gasteiger partial charge on any atom is 0.335 e. The van der Waals surface area contributed by atoms with Crippen molar-refractivity contribution in [2.75, 3.05) is 6.54 Å². The van der Waals surface area contributed by atoms with Crippen LogP contribution in [0.15, 0.2) is 18.2 Å². The molecule has 1 aliphatic rings. The number of hydrogen-bond donors (Lipinski definition) is 2. The Morgan fingerprint density at radius 1 is 1.29 bits per heavy atom. The van der Waals surface area contributed by atoms with Gasteiger partial charge in [0.15, 0.2) is 0 Å². The van der Waals surface area contributed by atoms with E-state index in [9.17, 15) is 9.59 Å². The van der Waals surface area contributed by atoms with Gasteiger partial charge < -0.3 is 15.7 Å². The summed E-state index contributed by atoms with van der Waals surface area (Å²) in [5, 5.41) is 9.02. The molecule has 0 radical (unpaired) electrons. The predicted octanol–water partition coefficient (Wildman–Crippen LogP) is 1.85. The fourth-order valence-corrected chi connectivity index (χ4v) is 2.81. The smallest absolute Gasteiger partial charge is 0.335 e. The zero-order valence-corrected chi connectivity index (χ0v) is 12.5. The lowest BCUT2D eigenvalue weighted by atomic mass is 9.96. The highest BCUT2D eigenvalue weighted by atomic mass is 16.4. The lowest BCUT2D eigenvalue weighted by molar-refractivity contribution is -0.136. The zero-order valence-electron chi connectivity index (χ0n) is 12.5. The number of benzene rings is 1. The molecule has 1 heterocycles. The van der Waals surface area contributed by atoms with E-state index >= 15 is 0 Å². The van der Waals surface area contributed by atoms with Gasteiger partial charge in [-0.05, 0) is 35.6 Å². The van der Waals surface area contributed by atoms with Gasteiger partial charge in [-0.2, -0.15) is 0 Å². The monoisotopic (exact) mass is 290 g/mol. The first-order chi connectivity index (χ1) is 9.92. The molecule has 1 amide bonds. The van der Waals surface area contributed by atoms with Crippen molar-refractivity contribution in [3.63, 3.8) is 0 Å². The van der Waals surface area contributed by atoms with Gasteiger partial charge in [0.1, 0.15) is 0 Å². The Balaban J connectivity index is 2.11.